The molecule has 110 valence electrons. The van der Waals surface area contributed by atoms with Crippen molar-refractivity contribution in [1.29, 1.82) is 0 Å². The van der Waals surface area contributed by atoms with E-state index < -0.39 is 24.1 Å². The van der Waals surface area contributed by atoms with Gasteiger partial charge in [0.1, 0.15) is 5.75 Å². The smallest absolute Gasteiger partial charge is 0.336 e. The molecule has 6 heteroatoms. The Morgan fingerprint density at radius 2 is 2.10 bits per heavy atom. The number of methoxy groups -OCH3 is 1. The second kappa shape index (κ2) is 7.49. The SMILES string of the molecule is COC(=O)C(O)CNC(=O)C(C)Oc1cccc(C)c1. The van der Waals surface area contributed by atoms with E-state index in [4.69, 9.17) is 4.74 Å². The van der Waals surface area contributed by atoms with Crippen molar-refractivity contribution in [3.63, 3.8) is 0 Å². The molecule has 0 radical (unpaired) electrons. The zero-order valence-corrected chi connectivity index (χ0v) is 11.8. The minimum atomic E-state index is -1.38. The van der Waals surface area contributed by atoms with Crippen LogP contribution in [-0.4, -0.2) is 42.8 Å². The molecule has 2 unspecified atom stereocenters. The summed E-state index contributed by atoms with van der Waals surface area (Å²) in [5.41, 5.74) is 1.02. The Morgan fingerprint density at radius 1 is 1.40 bits per heavy atom. The molecule has 0 aliphatic heterocycles. The molecule has 1 amide bonds. The number of amides is 1. The van der Waals surface area contributed by atoms with Crippen molar-refractivity contribution in [3.8, 4) is 5.75 Å². The van der Waals surface area contributed by atoms with E-state index in [0.29, 0.717) is 5.75 Å². The quantitative estimate of drug-likeness (QED) is 0.738. The molecule has 2 N–H and O–H groups in total. The number of hydrogen-bond acceptors (Lipinski definition) is 5. The van der Waals surface area contributed by atoms with E-state index in [1.165, 1.54) is 0 Å². The van der Waals surface area contributed by atoms with E-state index in [1.54, 1.807) is 13.0 Å². The molecule has 0 fully saturated rings. The van der Waals surface area contributed by atoms with Gasteiger partial charge in [0.05, 0.1) is 13.7 Å². The van der Waals surface area contributed by atoms with E-state index in [1.807, 2.05) is 25.1 Å². The second-order valence-electron chi connectivity index (χ2n) is 4.36. The van der Waals surface area contributed by atoms with E-state index in [2.05, 4.69) is 10.1 Å². The van der Waals surface area contributed by atoms with Crippen molar-refractivity contribution in [3.05, 3.63) is 29.8 Å². The van der Waals surface area contributed by atoms with E-state index >= 15 is 0 Å². The van der Waals surface area contributed by atoms with Gasteiger partial charge in [0.15, 0.2) is 12.2 Å². The van der Waals surface area contributed by atoms with Crippen LogP contribution < -0.4 is 10.1 Å². The lowest BCUT2D eigenvalue weighted by Crippen LogP contribution is -2.42. The highest BCUT2D eigenvalue weighted by molar-refractivity contribution is 5.82. The maximum Gasteiger partial charge on any atom is 0.336 e. The van der Waals surface area contributed by atoms with Crippen LogP contribution in [0.15, 0.2) is 24.3 Å². The number of ether oxygens (including phenoxy) is 2. The fourth-order valence-corrected chi connectivity index (χ4v) is 1.51. The average Bonchev–Trinajstić information content (AvgIpc) is 2.43. The number of carbonyl (C=O) groups excluding carboxylic acids is 2. The lowest BCUT2D eigenvalue weighted by atomic mass is 10.2. The van der Waals surface area contributed by atoms with Gasteiger partial charge in [0.25, 0.3) is 5.91 Å². The summed E-state index contributed by atoms with van der Waals surface area (Å²) in [4.78, 5) is 22.7. The molecule has 1 aromatic rings. The molecular formula is C14H19NO5. The minimum Gasteiger partial charge on any atom is -0.481 e. The Hall–Kier alpha value is -2.08. The highest BCUT2D eigenvalue weighted by atomic mass is 16.5. The first kappa shape index (κ1) is 16.0. The first-order valence-corrected chi connectivity index (χ1v) is 6.21. The number of rotatable bonds is 6. The van der Waals surface area contributed by atoms with Crippen LogP contribution in [0.3, 0.4) is 0 Å². The highest BCUT2D eigenvalue weighted by Crippen LogP contribution is 2.14. The van der Waals surface area contributed by atoms with Crippen LogP contribution in [-0.2, 0) is 14.3 Å². The zero-order chi connectivity index (χ0) is 15.1. The number of esters is 1. The topological polar surface area (TPSA) is 84.9 Å². The zero-order valence-electron chi connectivity index (χ0n) is 11.8. The monoisotopic (exact) mass is 281 g/mol. The van der Waals surface area contributed by atoms with Gasteiger partial charge in [-0.1, -0.05) is 12.1 Å². The Balaban J connectivity index is 2.45. The Morgan fingerprint density at radius 3 is 2.70 bits per heavy atom. The minimum absolute atomic E-state index is 0.215. The van der Waals surface area contributed by atoms with E-state index in [9.17, 15) is 14.7 Å². The molecule has 0 aliphatic rings. The molecular weight excluding hydrogens is 262 g/mol. The fraction of sp³-hybridized carbons (Fsp3) is 0.429. The normalized spacial score (nSPS) is 13.2. The summed E-state index contributed by atoms with van der Waals surface area (Å²) in [6.07, 6.45) is -2.11. The van der Waals surface area contributed by atoms with Crippen molar-refractivity contribution in [1.82, 2.24) is 5.32 Å². The maximum absolute atomic E-state index is 11.7. The standard InChI is InChI=1S/C14H19NO5/c1-9-5-4-6-11(7-9)20-10(2)13(17)15-8-12(16)14(18)19-3/h4-7,10,12,16H,8H2,1-3H3,(H,15,17). The van der Waals surface area contributed by atoms with Crippen molar-refractivity contribution in [2.45, 2.75) is 26.1 Å². The number of aliphatic hydroxyl groups is 1. The number of aliphatic hydroxyl groups excluding tert-OH is 1. The van der Waals surface area contributed by atoms with Gasteiger partial charge in [0.2, 0.25) is 0 Å². The molecule has 1 rings (SSSR count). The first-order chi connectivity index (χ1) is 9.43. The molecule has 6 nitrogen and oxygen atoms in total. The molecule has 0 heterocycles. The average molecular weight is 281 g/mol. The summed E-state index contributed by atoms with van der Waals surface area (Å²) in [6, 6.07) is 7.31. The third-order valence-electron chi connectivity index (χ3n) is 2.61. The summed E-state index contributed by atoms with van der Waals surface area (Å²) in [6.45, 7) is 3.29. The van der Waals surface area contributed by atoms with Gasteiger partial charge < -0.3 is 19.9 Å². The Kier molecular flexibility index (Phi) is 5.99. The Bertz CT molecular complexity index is 474. The highest BCUT2D eigenvalue weighted by Gasteiger charge is 2.19. The second-order valence-corrected chi connectivity index (χ2v) is 4.36. The third-order valence-corrected chi connectivity index (χ3v) is 2.61. The van der Waals surface area contributed by atoms with E-state index in [0.717, 1.165) is 12.7 Å². The molecule has 20 heavy (non-hydrogen) atoms. The molecule has 0 bridgehead atoms. The number of hydrogen-bond donors (Lipinski definition) is 2. The largest absolute Gasteiger partial charge is 0.481 e. The van der Waals surface area contributed by atoms with Gasteiger partial charge in [-0.25, -0.2) is 4.79 Å². The van der Waals surface area contributed by atoms with Crippen LogP contribution >= 0.6 is 0 Å². The van der Waals surface area contributed by atoms with Crippen molar-refractivity contribution in [2.24, 2.45) is 0 Å². The summed E-state index contributed by atoms with van der Waals surface area (Å²) in [5.74, 6) is -0.631. The summed E-state index contributed by atoms with van der Waals surface area (Å²) in [5, 5.41) is 11.8. The lowest BCUT2D eigenvalue weighted by molar-refractivity contribution is -0.150. The van der Waals surface area contributed by atoms with Gasteiger partial charge in [0, 0.05) is 0 Å². The van der Waals surface area contributed by atoms with E-state index in [-0.39, 0.29) is 6.54 Å². The number of carbonyl (C=O) groups is 2. The molecule has 0 aromatic heterocycles. The maximum atomic E-state index is 11.7. The van der Waals surface area contributed by atoms with Crippen LogP contribution in [0.2, 0.25) is 0 Å². The molecule has 0 saturated heterocycles. The molecule has 2 atom stereocenters. The van der Waals surface area contributed by atoms with Crippen LogP contribution in [0.25, 0.3) is 0 Å². The van der Waals surface area contributed by atoms with Gasteiger partial charge in [-0.3, -0.25) is 4.79 Å². The molecule has 0 saturated carbocycles. The predicted molar refractivity (Wildman–Crippen MR) is 72.3 cm³/mol. The van der Waals surface area contributed by atoms with Gasteiger partial charge >= 0.3 is 5.97 Å². The summed E-state index contributed by atoms with van der Waals surface area (Å²) >= 11 is 0. The lowest BCUT2D eigenvalue weighted by Gasteiger charge is -2.16. The number of benzene rings is 1. The van der Waals surface area contributed by atoms with Gasteiger partial charge in [-0.05, 0) is 31.5 Å². The summed E-state index contributed by atoms with van der Waals surface area (Å²) < 4.78 is 9.81. The molecule has 1 aromatic carbocycles. The first-order valence-electron chi connectivity index (χ1n) is 6.21. The molecule has 0 aliphatic carbocycles. The van der Waals surface area contributed by atoms with Crippen LogP contribution in [0, 0.1) is 6.92 Å². The number of aryl methyl sites for hydroxylation is 1. The summed E-state index contributed by atoms with van der Waals surface area (Å²) in [7, 11) is 1.16. The van der Waals surface area contributed by atoms with Crippen LogP contribution in [0.4, 0.5) is 0 Å². The third kappa shape index (κ3) is 4.89. The van der Waals surface area contributed by atoms with Crippen molar-refractivity contribution >= 4 is 11.9 Å². The predicted octanol–water partition coefficient (Wildman–Crippen LogP) is 0.412. The fourth-order valence-electron chi connectivity index (χ4n) is 1.51. The Labute approximate surface area is 117 Å². The number of nitrogens with one attached hydrogen (secondary N) is 1. The molecule has 0 spiro atoms. The van der Waals surface area contributed by atoms with Crippen molar-refractivity contribution in [2.75, 3.05) is 13.7 Å². The van der Waals surface area contributed by atoms with Crippen LogP contribution in [0.5, 0.6) is 5.75 Å². The van der Waals surface area contributed by atoms with Crippen molar-refractivity contribution < 1.29 is 24.2 Å². The van der Waals surface area contributed by atoms with Gasteiger partial charge in [-0.2, -0.15) is 0 Å². The van der Waals surface area contributed by atoms with Crippen LogP contribution in [0.1, 0.15) is 12.5 Å². The van der Waals surface area contributed by atoms with Gasteiger partial charge in [-0.15, -0.1) is 0 Å².